The third-order valence-electron chi connectivity index (χ3n) is 4.56. The summed E-state index contributed by atoms with van der Waals surface area (Å²) in [6, 6.07) is 10.2. The SMILES string of the molecule is COC(CNC(=NCc1ccccc1)NCc1nnc(C)n1C)C(C)(C)C.I. The minimum atomic E-state index is 0. The number of methoxy groups -OCH3 is 1. The molecular formula is C20H33IN6O. The average molecular weight is 500 g/mol. The molecule has 2 rings (SSSR count). The zero-order chi connectivity index (χ0) is 19.9. The van der Waals surface area contributed by atoms with Crippen molar-refractivity contribution < 1.29 is 4.74 Å². The Bertz CT molecular complexity index is 739. The predicted molar refractivity (Wildman–Crippen MR) is 124 cm³/mol. The first-order valence-corrected chi connectivity index (χ1v) is 9.25. The molecular weight excluding hydrogens is 467 g/mol. The van der Waals surface area contributed by atoms with Gasteiger partial charge < -0.3 is 19.9 Å². The van der Waals surface area contributed by atoms with Crippen molar-refractivity contribution in [3.8, 4) is 0 Å². The van der Waals surface area contributed by atoms with E-state index < -0.39 is 0 Å². The first-order chi connectivity index (χ1) is 12.8. The zero-order valence-corrected chi connectivity index (χ0v) is 20.0. The van der Waals surface area contributed by atoms with Crippen LogP contribution >= 0.6 is 24.0 Å². The van der Waals surface area contributed by atoms with Gasteiger partial charge in [0, 0.05) is 20.7 Å². The lowest BCUT2D eigenvalue weighted by molar-refractivity contribution is 0.0205. The fourth-order valence-corrected chi connectivity index (χ4v) is 2.63. The number of hydrogen-bond donors (Lipinski definition) is 2. The summed E-state index contributed by atoms with van der Waals surface area (Å²) < 4.78 is 7.61. The van der Waals surface area contributed by atoms with Crippen molar-refractivity contribution >= 4 is 29.9 Å². The lowest BCUT2D eigenvalue weighted by Crippen LogP contribution is -2.45. The Morgan fingerprint density at radius 3 is 2.39 bits per heavy atom. The van der Waals surface area contributed by atoms with Gasteiger partial charge in [-0.15, -0.1) is 34.2 Å². The van der Waals surface area contributed by atoms with E-state index >= 15 is 0 Å². The third-order valence-corrected chi connectivity index (χ3v) is 4.56. The van der Waals surface area contributed by atoms with Crippen LogP contribution in [0.25, 0.3) is 0 Å². The molecule has 0 bridgehead atoms. The molecule has 1 unspecified atom stereocenters. The molecule has 0 aliphatic heterocycles. The molecule has 0 aliphatic rings. The largest absolute Gasteiger partial charge is 0.379 e. The van der Waals surface area contributed by atoms with Crippen LogP contribution in [0.1, 0.15) is 38.0 Å². The second-order valence-corrected chi connectivity index (χ2v) is 7.70. The number of nitrogens with one attached hydrogen (secondary N) is 2. The third kappa shape index (κ3) is 7.38. The number of guanidine groups is 1. The lowest BCUT2D eigenvalue weighted by Gasteiger charge is -2.30. The highest BCUT2D eigenvalue weighted by atomic mass is 127. The summed E-state index contributed by atoms with van der Waals surface area (Å²) in [6.45, 7) is 10.2. The number of nitrogens with zero attached hydrogens (tertiary/aromatic N) is 4. The van der Waals surface area contributed by atoms with Crippen LogP contribution in [0.4, 0.5) is 0 Å². The summed E-state index contributed by atoms with van der Waals surface area (Å²) in [5.41, 5.74) is 1.19. The molecule has 0 radical (unpaired) electrons. The Kier molecular flexibility index (Phi) is 9.88. The topological polar surface area (TPSA) is 76.4 Å². The Morgan fingerprint density at radius 1 is 1.18 bits per heavy atom. The highest BCUT2D eigenvalue weighted by molar-refractivity contribution is 14.0. The van der Waals surface area contributed by atoms with Crippen LogP contribution in [-0.2, 0) is 24.9 Å². The van der Waals surface area contributed by atoms with E-state index in [9.17, 15) is 0 Å². The van der Waals surface area contributed by atoms with Crippen LogP contribution in [0.5, 0.6) is 0 Å². The van der Waals surface area contributed by atoms with Gasteiger partial charge in [-0.2, -0.15) is 0 Å². The van der Waals surface area contributed by atoms with Gasteiger partial charge in [-0.1, -0.05) is 51.1 Å². The molecule has 156 valence electrons. The van der Waals surface area contributed by atoms with Gasteiger partial charge in [0.05, 0.1) is 19.2 Å². The first kappa shape index (κ1) is 24.4. The van der Waals surface area contributed by atoms with E-state index in [2.05, 4.69) is 53.7 Å². The number of halogens is 1. The summed E-state index contributed by atoms with van der Waals surface area (Å²) >= 11 is 0. The first-order valence-electron chi connectivity index (χ1n) is 9.25. The molecule has 0 saturated carbocycles. The molecule has 2 N–H and O–H groups in total. The molecule has 1 aromatic heterocycles. The molecule has 8 heteroatoms. The molecule has 0 spiro atoms. The molecule has 0 fully saturated rings. The second-order valence-electron chi connectivity index (χ2n) is 7.70. The average Bonchev–Trinajstić information content (AvgIpc) is 2.95. The molecule has 1 aromatic carbocycles. The van der Waals surface area contributed by atoms with Crippen LogP contribution in [0, 0.1) is 12.3 Å². The zero-order valence-electron chi connectivity index (χ0n) is 17.7. The number of benzene rings is 1. The smallest absolute Gasteiger partial charge is 0.192 e. The van der Waals surface area contributed by atoms with Crippen molar-refractivity contribution in [2.45, 2.75) is 46.9 Å². The molecule has 0 amide bonds. The number of hydrogen-bond acceptors (Lipinski definition) is 4. The molecule has 0 saturated heterocycles. The standard InChI is InChI=1S/C20H32N6O.HI/c1-15-24-25-18(26(15)5)14-23-19(21-12-16-10-8-7-9-11-16)22-13-17(27-6)20(2,3)4;/h7-11,17H,12-14H2,1-6H3,(H2,21,22,23);1H. The van der Waals surface area contributed by atoms with E-state index in [0.717, 1.165) is 23.2 Å². The summed E-state index contributed by atoms with van der Waals surface area (Å²) in [6.07, 6.45) is 0.0679. The highest BCUT2D eigenvalue weighted by Gasteiger charge is 2.24. The van der Waals surface area contributed by atoms with Crippen LogP contribution in [0.15, 0.2) is 35.3 Å². The summed E-state index contributed by atoms with van der Waals surface area (Å²) in [7, 11) is 3.70. The van der Waals surface area contributed by atoms with Crippen LogP contribution in [0.3, 0.4) is 0 Å². The van der Waals surface area contributed by atoms with E-state index in [1.54, 1.807) is 7.11 Å². The van der Waals surface area contributed by atoms with E-state index in [0.29, 0.717) is 19.6 Å². The molecule has 1 atom stereocenters. The van der Waals surface area contributed by atoms with Gasteiger partial charge in [-0.25, -0.2) is 4.99 Å². The number of aliphatic imine (C=N–C) groups is 1. The number of aromatic nitrogens is 3. The minimum absolute atomic E-state index is 0. The normalized spacial score (nSPS) is 13.0. The van der Waals surface area contributed by atoms with Crippen molar-refractivity contribution in [3.63, 3.8) is 0 Å². The van der Waals surface area contributed by atoms with Crippen molar-refractivity contribution in [2.75, 3.05) is 13.7 Å². The molecule has 1 heterocycles. The fraction of sp³-hybridized carbons (Fsp3) is 0.550. The van der Waals surface area contributed by atoms with Crippen molar-refractivity contribution in [3.05, 3.63) is 47.5 Å². The van der Waals surface area contributed by atoms with Gasteiger partial charge in [0.25, 0.3) is 0 Å². The maximum atomic E-state index is 5.64. The fourth-order valence-electron chi connectivity index (χ4n) is 2.63. The Balaban J connectivity index is 0.00000392. The molecule has 0 aliphatic carbocycles. The molecule has 28 heavy (non-hydrogen) atoms. The number of aryl methyl sites for hydroxylation is 1. The number of ether oxygens (including phenoxy) is 1. The van der Waals surface area contributed by atoms with E-state index in [1.807, 2.05) is 36.7 Å². The van der Waals surface area contributed by atoms with Gasteiger partial charge in [0.2, 0.25) is 0 Å². The minimum Gasteiger partial charge on any atom is -0.379 e. The maximum Gasteiger partial charge on any atom is 0.192 e. The van der Waals surface area contributed by atoms with E-state index in [1.165, 1.54) is 0 Å². The van der Waals surface area contributed by atoms with Gasteiger partial charge in [-0.05, 0) is 17.9 Å². The Morgan fingerprint density at radius 2 is 1.86 bits per heavy atom. The van der Waals surface area contributed by atoms with Crippen LogP contribution in [0.2, 0.25) is 0 Å². The monoisotopic (exact) mass is 500 g/mol. The quantitative estimate of drug-likeness (QED) is 0.347. The van der Waals surface area contributed by atoms with Crippen LogP contribution < -0.4 is 10.6 Å². The van der Waals surface area contributed by atoms with Crippen LogP contribution in [-0.4, -0.2) is 40.5 Å². The van der Waals surface area contributed by atoms with Crippen molar-refractivity contribution in [1.82, 2.24) is 25.4 Å². The van der Waals surface area contributed by atoms with Gasteiger partial charge in [-0.3, -0.25) is 0 Å². The predicted octanol–water partition coefficient (Wildman–Crippen LogP) is 3.04. The summed E-state index contributed by atoms with van der Waals surface area (Å²) in [4.78, 5) is 4.72. The maximum absolute atomic E-state index is 5.64. The van der Waals surface area contributed by atoms with E-state index in [4.69, 9.17) is 9.73 Å². The van der Waals surface area contributed by atoms with Gasteiger partial charge >= 0.3 is 0 Å². The summed E-state index contributed by atoms with van der Waals surface area (Å²) in [5, 5.41) is 15.1. The van der Waals surface area contributed by atoms with E-state index in [-0.39, 0.29) is 35.5 Å². The van der Waals surface area contributed by atoms with Crippen molar-refractivity contribution in [1.29, 1.82) is 0 Å². The van der Waals surface area contributed by atoms with Crippen molar-refractivity contribution in [2.24, 2.45) is 17.5 Å². The Hall–Kier alpha value is -1.68. The number of rotatable bonds is 7. The summed E-state index contributed by atoms with van der Waals surface area (Å²) in [5.74, 6) is 2.47. The molecule has 2 aromatic rings. The van der Waals surface area contributed by atoms with Gasteiger partial charge in [0.15, 0.2) is 11.8 Å². The van der Waals surface area contributed by atoms with Gasteiger partial charge in [0.1, 0.15) is 5.82 Å². The second kappa shape index (κ2) is 11.4. The lowest BCUT2D eigenvalue weighted by atomic mass is 9.89. The highest BCUT2D eigenvalue weighted by Crippen LogP contribution is 2.20. The Labute approximate surface area is 185 Å². The molecule has 7 nitrogen and oxygen atoms in total.